The van der Waals surface area contributed by atoms with Crippen molar-refractivity contribution in [2.24, 2.45) is 17.8 Å². The third-order valence-corrected chi connectivity index (χ3v) is 7.09. The Morgan fingerprint density at radius 1 is 1.43 bits per heavy atom. The van der Waals surface area contributed by atoms with Gasteiger partial charge in [0, 0.05) is 12.6 Å². The molecule has 1 aromatic heterocycles. The Kier molecular flexibility index (Phi) is 3.86. The monoisotopic (exact) mass is 311 g/mol. The summed E-state index contributed by atoms with van der Waals surface area (Å²) in [6.45, 7) is 6.47. The standard InChI is InChI=1S/C15H25N3O2S/c1-4-18-11(3)15(9-16-18)21(19,20)17-10(2)14-8-12-5-6-13(14)7-12/h9-10,12-14,17H,4-8H2,1-3H3/t10-,12+,13+,14-/m0/s1. The molecule has 1 N–H and O–H groups in total. The van der Waals surface area contributed by atoms with E-state index >= 15 is 0 Å². The zero-order chi connectivity index (χ0) is 15.2. The van der Waals surface area contributed by atoms with Gasteiger partial charge in [0.1, 0.15) is 4.90 Å². The summed E-state index contributed by atoms with van der Waals surface area (Å²) >= 11 is 0. The first-order valence-corrected chi connectivity index (χ1v) is 9.45. The topological polar surface area (TPSA) is 64.0 Å². The Labute approximate surface area is 127 Å². The van der Waals surface area contributed by atoms with Crippen molar-refractivity contribution in [3.8, 4) is 0 Å². The van der Waals surface area contributed by atoms with Gasteiger partial charge in [0.15, 0.2) is 0 Å². The number of hydrogen-bond acceptors (Lipinski definition) is 3. The van der Waals surface area contributed by atoms with E-state index in [2.05, 4.69) is 9.82 Å². The van der Waals surface area contributed by atoms with E-state index in [4.69, 9.17) is 0 Å². The number of rotatable bonds is 5. The molecule has 4 atom stereocenters. The smallest absolute Gasteiger partial charge is 0.244 e. The molecule has 5 nitrogen and oxygen atoms in total. The van der Waals surface area contributed by atoms with Gasteiger partial charge >= 0.3 is 0 Å². The predicted molar refractivity (Wildman–Crippen MR) is 81.4 cm³/mol. The fraction of sp³-hybridized carbons (Fsp3) is 0.800. The van der Waals surface area contributed by atoms with Gasteiger partial charge in [0.25, 0.3) is 0 Å². The molecule has 0 aliphatic heterocycles. The maximum absolute atomic E-state index is 12.6. The van der Waals surface area contributed by atoms with Gasteiger partial charge in [0.2, 0.25) is 10.0 Å². The molecule has 0 aromatic carbocycles. The Morgan fingerprint density at radius 2 is 2.19 bits per heavy atom. The third kappa shape index (κ3) is 2.63. The van der Waals surface area contributed by atoms with Crippen LogP contribution in [0.15, 0.2) is 11.1 Å². The van der Waals surface area contributed by atoms with E-state index in [1.54, 1.807) is 4.68 Å². The minimum atomic E-state index is -3.47. The van der Waals surface area contributed by atoms with E-state index in [1.165, 1.54) is 31.9 Å². The fourth-order valence-electron chi connectivity index (χ4n) is 4.31. The average Bonchev–Trinajstić information content (AvgIpc) is 3.12. The SMILES string of the molecule is CCn1ncc(S(=O)(=O)N[C@@H](C)[C@@H]2C[C@@H]3CC[C@@H]2C3)c1C. The molecule has 6 heteroatoms. The van der Waals surface area contributed by atoms with Gasteiger partial charge < -0.3 is 0 Å². The second kappa shape index (κ2) is 5.39. The maximum Gasteiger partial charge on any atom is 0.244 e. The predicted octanol–water partition coefficient (Wildman–Crippen LogP) is 2.31. The minimum absolute atomic E-state index is 0.00896. The molecule has 0 saturated heterocycles. The number of nitrogens with zero attached hydrogens (tertiary/aromatic N) is 2. The molecule has 2 fully saturated rings. The van der Waals surface area contributed by atoms with Gasteiger partial charge in [-0.1, -0.05) is 6.42 Å². The molecule has 0 radical (unpaired) electrons. The van der Waals surface area contributed by atoms with E-state index in [-0.39, 0.29) is 6.04 Å². The lowest BCUT2D eigenvalue weighted by Gasteiger charge is -2.28. The van der Waals surface area contributed by atoms with Crippen molar-refractivity contribution in [1.82, 2.24) is 14.5 Å². The average molecular weight is 311 g/mol. The summed E-state index contributed by atoms with van der Waals surface area (Å²) in [5, 5.41) is 4.14. The summed E-state index contributed by atoms with van der Waals surface area (Å²) < 4.78 is 29.8. The Hall–Kier alpha value is -0.880. The molecule has 3 rings (SSSR count). The van der Waals surface area contributed by atoms with Crippen molar-refractivity contribution in [1.29, 1.82) is 0 Å². The summed E-state index contributed by atoms with van der Waals surface area (Å²) in [4.78, 5) is 0.319. The first-order chi connectivity index (χ1) is 9.92. The van der Waals surface area contributed by atoms with Gasteiger partial charge in [0.05, 0.1) is 11.9 Å². The third-order valence-electron chi connectivity index (χ3n) is 5.42. The van der Waals surface area contributed by atoms with Crippen LogP contribution in [0.5, 0.6) is 0 Å². The highest BCUT2D eigenvalue weighted by Gasteiger charge is 2.42. The Bertz CT molecular complexity index is 623. The van der Waals surface area contributed by atoms with Crippen molar-refractivity contribution < 1.29 is 8.42 Å². The van der Waals surface area contributed by atoms with Crippen molar-refractivity contribution >= 4 is 10.0 Å². The molecule has 2 bridgehead atoms. The van der Waals surface area contributed by atoms with Crippen LogP contribution in [-0.2, 0) is 16.6 Å². The van der Waals surface area contributed by atoms with E-state index in [0.717, 1.165) is 5.92 Å². The van der Waals surface area contributed by atoms with Gasteiger partial charge in [-0.05, 0) is 57.8 Å². The van der Waals surface area contributed by atoms with E-state index in [1.807, 2.05) is 20.8 Å². The summed E-state index contributed by atoms with van der Waals surface area (Å²) in [6.07, 6.45) is 6.55. The van der Waals surface area contributed by atoms with Crippen LogP contribution in [0.3, 0.4) is 0 Å². The molecular formula is C15H25N3O2S. The van der Waals surface area contributed by atoms with Crippen molar-refractivity contribution in [3.63, 3.8) is 0 Å². The van der Waals surface area contributed by atoms with Gasteiger partial charge in [-0.3, -0.25) is 4.68 Å². The normalized spacial score (nSPS) is 30.0. The highest BCUT2D eigenvalue weighted by molar-refractivity contribution is 7.89. The quantitative estimate of drug-likeness (QED) is 0.907. The molecule has 0 unspecified atom stereocenters. The second-order valence-electron chi connectivity index (χ2n) is 6.66. The molecule has 0 amide bonds. The van der Waals surface area contributed by atoms with Gasteiger partial charge in [-0.15, -0.1) is 0 Å². The van der Waals surface area contributed by atoms with Crippen LogP contribution in [0, 0.1) is 24.7 Å². The number of nitrogens with one attached hydrogen (secondary N) is 1. The first-order valence-electron chi connectivity index (χ1n) is 7.97. The molecule has 2 saturated carbocycles. The first kappa shape index (κ1) is 15.0. The molecule has 1 heterocycles. The molecule has 118 valence electrons. The van der Waals surface area contributed by atoms with Crippen LogP contribution in [0.25, 0.3) is 0 Å². The summed E-state index contributed by atoms with van der Waals surface area (Å²) in [6, 6.07) is 0.00896. The number of fused-ring (bicyclic) bond motifs is 2. The van der Waals surface area contributed by atoms with Crippen molar-refractivity contribution in [2.75, 3.05) is 0 Å². The zero-order valence-electron chi connectivity index (χ0n) is 13.0. The van der Waals surface area contributed by atoms with Crippen molar-refractivity contribution in [2.45, 2.75) is 63.9 Å². The van der Waals surface area contributed by atoms with Crippen molar-refractivity contribution in [3.05, 3.63) is 11.9 Å². The summed E-state index contributed by atoms with van der Waals surface area (Å²) in [7, 11) is -3.47. The maximum atomic E-state index is 12.6. The fourth-order valence-corrected chi connectivity index (χ4v) is 5.79. The molecule has 1 aromatic rings. The zero-order valence-corrected chi connectivity index (χ0v) is 13.9. The van der Waals surface area contributed by atoms with Crippen LogP contribution in [0.1, 0.15) is 45.2 Å². The minimum Gasteiger partial charge on any atom is -0.269 e. The lowest BCUT2D eigenvalue weighted by atomic mass is 9.84. The number of aryl methyl sites for hydroxylation is 1. The van der Waals surface area contributed by atoms with Gasteiger partial charge in [-0.25, -0.2) is 13.1 Å². The Balaban J connectivity index is 1.75. The van der Waals surface area contributed by atoms with Gasteiger partial charge in [-0.2, -0.15) is 5.10 Å². The van der Waals surface area contributed by atoms with Crippen LogP contribution in [0.2, 0.25) is 0 Å². The number of hydrogen-bond donors (Lipinski definition) is 1. The highest BCUT2D eigenvalue weighted by Crippen LogP contribution is 2.49. The highest BCUT2D eigenvalue weighted by atomic mass is 32.2. The largest absolute Gasteiger partial charge is 0.269 e. The number of aromatic nitrogens is 2. The molecule has 0 spiro atoms. The lowest BCUT2D eigenvalue weighted by Crippen LogP contribution is -2.40. The second-order valence-corrected chi connectivity index (χ2v) is 8.34. The van der Waals surface area contributed by atoms with Crippen LogP contribution in [-0.4, -0.2) is 24.2 Å². The summed E-state index contributed by atoms with van der Waals surface area (Å²) in [5.74, 6) is 2.05. The number of sulfonamides is 1. The van der Waals surface area contributed by atoms with Crippen LogP contribution >= 0.6 is 0 Å². The van der Waals surface area contributed by atoms with E-state index in [9.17, 15) is 8.42 Å². The van der Waals surface area contributed by atoms with Crippen LogP contribution in [0.4, 0.5) is 0 Å². The molecule has 2 aliphatic carbocycles. The lowest BCUT2D eigenvalue weighted by molar-refractivity contribution is 0.280. The van der Waals surface area contributed by atoms with E-state index in [0.29, 0.717) is 29.0 Å². The Morgan fingerprint density at radius 3 is 2.71 bits per heavy atom. The van der Waals surface area contributed by atoms with Crippen LogP contribution < -0.4 is 4.72 Å². The molecular weight excluding hydrogens is 286 g/mol. The molecule has 21 heavy (non-hydrogen) atoms. The van der Waals surface area contributed by atoms with E-state index < -0.39 is 10.0 Å². The summed E-state index contributed by atoms with van der Waals surface area (Å²) in [5.41, 5.74) is 0.713. The molecule has 2 aliphatic rings.